The predicted octanol–water partition coefficient (Wildman–Crippen LogP) is 8.34. The van der Waals surface area contributed by atoms with E-state index >= 15 is 0 Å². The molecule has 1 atom stereocenters. The number of halogens is 1. The van der Waals surface area contributed by atoms with E-state index in [1.165, 1.54) is 39.3 Å². The third-order valence-electron chi connectivity index (χ3n) is 8.35. The van der Waals surface area contributed by atoms with E-state index in [4.69, 9.17) is 11.6 Å². The lowest BCUT2D eigenvalue weighted by Crippen LogP contribution is -2.41. The third-order valence-corrected chi connectivity index (χ3v) is 8.84. The summed E-state index contributed by atoms with van der Waals surface area (Å²) >= 11 is 7.03. The molecule has 2 aliphatic heterocycles. The molecule has 0 fully saturated rings. The molecule has 2 nitrogen and oxygen atoms in total. The first kappa shape index (κ1) is 24.2. The van der Waals surface area contributed by atoms with Gasteiger partial charge in [-0.1, -0.05) is 81.8 Å². The molecule has 3 aliphatic rings. The highest BCUT2D eigenvalue weighted by Gasteiger charge is 2.45. The second-order valence-electron chi connectivity index (χ2n) is 11.8. The Kier molecular flexibility index (Phi) is 5.89. The van der Waals surface area contributed by atoms with Gasteiger partial charge in [-0.2, -0.15) is 0 Å². The smallest absolute Gasteiger partial charge is 0.141 e. The molecule has 1 aliphatic carbocycles. The summed E-state index contributed by atoms with van der Waals surface area (Å²) in [6, 6.07) is 17.6. The standard InChI is InChI=1S/C32H38ClN2/c1-31(2)22-35(6,28-17-10-8-15-26(28)31)21-20-24-13-11-12-23(30(24)33)18-19-29-32(3,4)25-14-7-9-16-27(25)34(29)5/h7-10,14-21H,11-13,22H2,1-6H3/q+1. The lowest BCUT2D eigenvalue weighted by atomic mass is 9.83. The van der Waals surface area contributed by atoms with Gasteiger partial charge in [0.05, 0.1) is 13.6 Å². The Bertz CT molecular complexity index is 1290. The van der Waals surface area contributed by atoms with Gasteiger partial charge < -0.3 is 4.90 Å². The van der Waals surface area contributed by atoms with Crippen molar-refractivity contribution in [1.29, 1.82) is 0 Å². The zero-order valence-electron chi connectivity index (χ0n) is 22.0. The van der Waals surface area contributed by atoms with Crippen molar-refractivity contribution >= 4 is 23.0 Å². The third kappa shape index (κ3) is 4.01. The number of para-hydroxylation sites is 2. The van der Waals surface area contributed by atoms with Crippen LogP contribution < -0.4 is 9.38 Å². The van der Waals surface area contributed by atoms with Crippen LogP contribution in [0.15, 0.2) is 94.8 Å². The SMILES string of the molecule is CN1C(=CC=C2CCCC(C=C[N+]3(C)CC(C)(C)c4ccccc43)=C2Cl)C(C)(C)c2ccccc21. The normalized spacial score (nSPS) is 27.2. The van der Waals surface area contributed by atoms with Gasteiger partial charge in [0.15, 0.2) is 0 Å². The van der Waals surface area contributed by atoms with Crippen molar-refractivity contribution < 1.29 is 0 Å². The average molecular weight is 486 g/mol. The van der Waals surface area contributed by atoms with Crippen LogP contribution in [-0.2, 0) is 10.8 Å². The Morgan fingerprint density at radius 2 is 1.60 bits per heavy atom. The van der Waals surface area contributed by atoms with E-state index < -0.39 is 0 Å². The second kappa shape index (κ2) is 8.54. The van der Waals surface area contributed by atoms with E-state index in [2.05, 4.69) is 120 Å². The van der Waals surface area contributed by atoms with Crippen molar-refractivity contribution in [2.24, 2.45) is 0 Å². The minimum atomic E-state index is -0.0231. The van der Waals surface area contributed by atoms with Gasteiger partial charge in [-0.05, 0) is 60.3 Å². The van der Waals surface area contributed by atoms with Gasteiger partial charge in [-0.25, -0.2) is 0 Å². The largest absolute Gasteiger partial charge is 0.347 e. The minimum Gasteiger partial charge on any atom is -0.347 e. The van der Waals surface area contributed by atoms with Gasteiger partial charge in [-0.15, -0.1) is 0 Å². The first-order chi connectivity index (χ1) is 16.5. The van der Waals surface area contributed by atoms with E-state index in [9.17, 15) is 0 Å². The summed E-state index contributed by atoms with van der Waals surface area (Å²) in [7, 11) is 4.49. The van der Waals surface area contributed by atoms with Crippen LogP contribution in [0.1, 0.15) is 58.1 Å². The van der Waals surface area contributed by atoms with Crippen molar-refractivity contribution in [3.63, 3.8) is 0 Å². The number of hydrogen-bond acceptors (Lipinski definition) is 1. The predicted molar refractivity (Wildman–Crippen MR) is 152 cm³/mol. The molecule has 0 amide bonds. The van der Waals surface area contributed by atoms with Gasteiger partial charge in [0, 0.05) is 39.9 Å². The number of hydrogen-bond donors (Lipinski definition) is 0. The molecule has 2 aromatic rings. The van der Waals surface area contributed by atoms with Crippen molar-refractivity contribution in [3.8, 4) is 0 Å². The summed E-state index contributed by atoms with van der Waals surface area (Å²) in [5.41, 5.74) is 9.47. The number of fused-ring (bicyclic) bond motifs is 2. The molecule has 0 spiro atoms. The fourth-order valence-electron chi connectivity index (χ4n) is 6.56. The number of quaternary nitrogens is 1. The van der Waals surface area contributed by atoms with Crippen LogP contribution in [0.2, 0.25) is 0 Å². The van der Waals surface area contributed by atoms with Crippen molar-refractivity contribution in [2.75, 3.05) is 25.5 Å². The molecule has 0 aromatic heterocycles. The van der Waals surface area contributed by atoms with Crippen LogP contribution >= 0.6 is 11.6 Å². The Balaban J connectivity index is 1.45. The fraction of sp³-hybridized carbons (Fsp3) is 0.375. The molecular formula is C32H38ClN2+. The summed E-state index contributed by atoms with van der Waals surface area (Å²) in [6.07, 6.45) is 12.4. The molecule has 1 unspecified atom stereocenters. The monoisotopic (exact) mass is 485 g/mol. The Hall–Kier alpha value is -2.55. The molecule has 2 aromatic carbocycles. The summed E-state index contributed by atoms with van der Waals surface area (Å²) in [5.74, 6) is 0. The lowest BCUT2D eigenvalue weighted by molar-refractivity contribution is 0.389. The van der Waals surface area contributed by atoms with E-state index in [0.29, 0.717) is 0 Å². The molecule has 3 heteroatoms. The number of anilines is 1. The summed E-state index contributed by atoms with van der Waals surface area (Å²) < 4.78 is 0.817. The van der Waals surface area contributed by atoms with Gasteiger partial charge in [0.1, 0.15) is 11.9 Å². The van der Waals surface area contributed by atoms with Crippen LogP contribution in [0.4, 0.5) is 11.4 Å². The highest BCUT2D eigenvalue weighted by Crippen LogP contribution is 2.47. The van der Waals surface area contributed by atoms with Crippen molar-refractivity contribution in [3.05, 3.63) is 106 Å². The highest BCUT2D eigenvalue weighted by atomic mass is 35.5. The zero-order chi connectivity index (χ0) is 25.0. The first-order valence-corrected chi connectivity index (χ1v) is 13.2. The van der Waals surface area contributed by atoms with Gasteiger partial charge >= 0.3 is 0 Å². The maximum atomic E-state index is 7.03. The number of allylic oxidation sites excluding steroid dienone is 7. The Labute approximate surface area is 216 Å². The van der Waals surface area contributed by atoms with Gasteiger partial charge in [0.25, 0.3) is 0 Å². The maximum absolute atomic E-state index is 7.03. The van der Waals surface area contributed by atoms with Crippen LogP contribution in [0, 0.1) is 0 Å². The maximum Gasteiger partial charge on any atom is 0.141 e. The van der Waals surface area contributed by atoms with Gasteiger partial charge in [0.2, 0.25) is 0 Å². The topological polar surface area (TPSA) is 3.24 Å². The Morgan fingerprint density at radius 3 is 2.34 bits per heavy atom. The fourth-order valence-corrected chi connectivity index (χ4v) is 6.87. The van der Waals surface area contributed by atoms with E-state index in [1.807, 2.05) is 0 Å². The minimum absolute atomic E-state index is 0.0231. The van der Waals surface area contributed by atoms with Crippen LogP contribution in [0.5, 0.6) is 0 Å². The second-order valence-corrected chi connectivity index (χ2v) is 12.2. The summed E-state index contributed by atoms with van der Waals surface area (Å²) in [5, 5.41) is 0.929. The van der Waals surface area contributed by atoms with Crippen molar-refractivity contribution in [1.82, 2.24) is 4.48 Å². The molecule has 0 N–H and O–H groups in total. The molecule has 0 radical (unpaired) electrons. The van der Waals surface area contributed by atoms with Crippen LogP contribution in [-0.4, -0.2) is 20.6 Å². The van der Waals surface area contributed by atoms with Crippen molar-refractivity contribution in [2.45, 2.75) is 57.8 Å². The molecule has 35 heavy (non-hydrogen) atoms. The zero-order valence-corrected chi connectivity index (χ0v) is 22.8. The van der Waals surface area contributed by atoms with E-state index in [0.717, 1.165) is 35.3 Å². The molecule has 2 heterocycles. The van der Waals surface area contributed by atoms with Crippen LogP contribution in [0.25, 0.3) is 0 Å². The molecule has 0 saturated heterocycles. The van der Waals surface area contributed by atoms with E-state index in [-0.39, 0.29) is 10.8 Å². The number of nitrogens with zero attached hydrogens (tertiary/aromatic N) is 2. The summed E-state index contributed by atoms with van der Waals surface area (Å²) in [4.78, 5) is 2.32. The molecular weight excluding hydrogens is 448 g/mol. The quantitative estimate of drug-likeness (QED) is 0.395. The summed E-state index contributed by atoms with van der Waals surface area (Å²) in [6.45, 7) is 10.4. The van der Waals surface area contributed by atoms with Crippen LogP contribution in [0.3, 0.4) is 0 Å². The molecule has 182 valence electrons. The number of likely N-dealkylation sites (N-methyl/N-ethyl adjacent to an activating group) is 2. The Morgan fingerprint density at radius 1 is 0.914 bits per heavy atom. The molecule has 0 saturated carbocycles. The van der Waals surface area contributed by atoms with Gasteiger partial charge in [-0.3, -0.25) is 4.48 Å². The lowest BCUT2D eigenvalue weighted by Gasteiger charge is -2.27. The average Bonchev–Trinajstić information content (AvgIpc) is 3.16. The highest BCUT2D eigenvalue weighted by molar-refractivity contribution is 6.32. The molecule has 0 bridgehead atoms. The van der Waals surface area contributed by atoms with E-state index in [1.54, 1.807) is 0 Å². The molecule has 5 rings (SSSR count). The number of benzene rings is 2. The first-order valence-electron chi connectivity index (χ1n) is 12.8. The number of rotatable bonds is 3.